The van der Waals surface area contributed by atoms with Crippen molar-refractivity contribution in [1.29, 1.82) is 0 Å². The highest BCUT2D eigenvalue weighted by Gasteiger charge is 2.59. The lowest BCUT2D eigenvalue weighted by Crippen LogP contribution is -2.64. The Morgan fingerprint density at radius 3 is 2.44 bits per heavy atom. The summed E-state index contributed by atoms with van der Waals surface area (Å²) in [6, 6.07) is 10.4. The number of carbonyl (C=O) groups is 2. The van der Waals surface area contributed by atoms with Crippen LogP contribution in [0.1, 0.15) is 65.6 Å². The van der Waals surface area contributed by atoms with Gasteiger partial charge in [-0.25, -0.2) is 9.97 Å². The number of halogens is 4. The van der Waals surface area contributed by atoms with Gasteiger partial charge in [0.1, 0.15) is 12.9 Å². The number of nitrogens with zero attached hydrogens (tertiary/aromatic N) is 9. The second kappa shape index (κ2) is 14.8. The number of hydrogen-bond acceptors (Lipinski definition) is 11. The molecular weight excluding hydrogens is 829 g/mol. The normalized spacial score (nSPS) is 23.2. The first-order chi connectivity index (χ1) is 29.6. The molecule has 5 aromatic rings. The number of ether oxygens (including phenoxy) is 1. The summed E-state index contributed by atoms with van der Waals surface area (Å²) in [5, 5.41) is 17.8. The van der Waals surface area contributed by atoms with E-state index in [1.54, 1.807) is 16.4 Å². The van der Waals surface area contributed by atoms with Gasteiger partial charge in [-0.15, -0.1) is 5.10 Å². The number of alkyl halides is 3. The number of aromatic nitrogens is 6. The highest BCUT2D eigenvalue weighted by molar-refractivity contribution is 6.33. The molecule has 0 radical (unpaired) electrons. The van der Waals surface area contributed by atoms with Crippen LogP contribution in [-0.2, 0) is 34.1 Å². The number of rotatable bonds is 7. The van der Waals surface area contributed by atoms with E-state index in [-0.39, 0.29) is 63.4 Å². The largest absolute Gasteiger partial charge is 0.504 e. The smallest absolute Gasteiger partial charge is 0.416 e. The van der Waals surface area contributed by atoms with Crippen LogP contribution in [0.15, 0.2) is 53.6 Å². The predicted molar refractivity (Wildman–Crippen MR) is 221 cm³/mol. The molecule has 15 nitrogen and oxygen atoms in total. The molecule has 3 atom stereocenters. The van der Waals surface area contributed by atoms with Crippen LogP contribution in [0.4, 0.5) is 24.5 Å². The van der Waals surface area contributed by atoms with E-state index < -0.39 is 29.0 Å². The standard InChI is InChI=1S/C43H44ClF3N10O5/c1-24-36(59)35(49-23-48-24)39(61)55-14-13-42(28-8-10-31(28)55)12-11-32-34(42)38(60)57-40(56(32)20-33(58)50-30-9-5-26(19-29(30)44)43(45,46)47)51-37(52-57)25-3-6-27(7-4-25)53-15-17-54(18-16-53)41(2)21-62-22-41/h3-7,9,19,23,28,31,59H,8,10-18,20-22H2,1-2H3,(H,50,58). The van der Waals surface area contributed by atoms with Gasteiger partial charge in [0.05, 0.1) is 40.7 Å². The minimum absolute atomic E-state index is 0.00373. The van der Waals surface area contributed by atoms with Gasteiger partial charge >= 0.3 is 6.18 Å². The van der Waals surface area contributed by atoms with E-state index in [9.17, 15) is 32.7 Å². The summed E-state index contributed by atoms with van der Waals surface area (Å²) >= 11 is 6.23. The second-order valence-corrected chi connectivity index (χ2v) is 17.8. The third kappa shape index (κ3) is 6.51. The first-order valence-corrected chi connectivity index (χ1v) is 21.2. The molecule has 324 valence electrons. The van der Waals surface area contributed by atoms with Crippen LogP contribution in [0.2, 0.25) is 5.02 Å². The van der Waals surface area contributed by atoms with E-state index in [2.05, 4.69) is 32.0 Å². The Morgan fingerprint density at radius 1 is 1.02 bits per heavy atom. The second-order valence-electron chi connectivity index (χ2n) is 17.4. The summed E-state index contributed by atoms with van der Waals surface area (Å²) in [7, 11) is 0. The van der Waals surface area contributed by atoms with Gasteiger partial charge in [0.15, 0.2) is 17.3 Å². The predicted octanol–water partition coefficient (Wildman–Crippen LogP) is 5.09. The maximum absolute atomic E-state index is 14.9. The molecule has 1 spiro atoms. The summed E-state index contributed by atoms with van der Waals surface area (Å²) in [6.07, 6.45) is -0.416. The zero-order valence-corrected chi connectivity index (χ0v) is 34.8. The molecular formula is C43H44ClF3N10O5. The minimum Gasteiger partial charge on any atom is -0.504 e. The highest BCUT2D eigenvalue weighted by atomic mass is 35.5. The molecule has 2 N–H and O–H groups in total. The number of aryl methyl sites for hydroxylation is 1. The number of amides is 2. The quantitative estimate of drug-likeness (QED) is 0.224. The van der Waals surface area contributed by atoms with E-state index in [4.69, 9.17) is 26.4 Å². The zero-order valence-electron chi connectivity index (χ0n) is 34.1. The highest BCUT2D eigenvalue weighted by Crippen LogP contribution is 2.57. The fraction of sp³-hybridized carbons (Fsp3) is 0.465. The lowest BCUT2D eigenvalue weighted by atomic mass is 9.56. The van der Waals surface area contributed by atoms with E-state index in [0.717, 1.165) is 69.7 Å². The van der Waals surface area contributed by atoms with Gasteiger partial charge in [-0.05, 0) is 94.3 Å². The molecule has 19 heteroatoms. The Morgan fingerprint density at radius 2 is 1.77 bits per heavy atom. The van der Waals surface area contributed by atoms with Crippen molar-refractivity contribution in [2.45, 2.75) is 75.7 Å². The number of likely N-dealkylation sites (tertiary alicyclic amines) is 1. The van der Waals surface area contributed by atoms with Crippen molar-refractivity contribution in [2.75, 3.05) is 56.2 Å². The van der Waals surface area contributed by atoms with Crippen molar-refractivity contribution >= 4 is 40.6 Å². The van der Waals surface area contributed by atoms with Crippen LogP contribution in [-0.4, -0.2) is 113 Å². The average Bonchev–Trinajstić information content (AvgIpc) is 3.84. The Labute approximate surface area is 358 Å². The van der Waals surface area contributed by atoms with Crippen molar-refractivity contribution < 1.29 is 32.6 Å². The lowest BCUT2D eigenvalue weighted by Gasteiger charge is -2.57. The van der Waals surface area contributed by atoms with Gasteiger partial charge in [0.2, 0.25) is 11.7 Å². The van der Waals surface area contributed by atoms with E-state index >= 15 is 0 Å². The molecule has 2 aliphatic carbocycles. The van der Waals surface area contributed by atoms with E-state index in [0.29, 0.717) is 54.7 Å². The van der Waals surface area contributed by atoms with Gasteiger partial charge in [0, 0.05) is 66.7 Å². The molecule has 3 saturated heterocycles. The molecule has 3 aliphatic heterocycles. The Kier molecular flexibility index (Phi) is 9.64. The first kappa shape index (κ1) is 40.5. The van der Waals surface area contributed by atoms with Gasteiger partial charge in [-0.3, -0.25) is 19.3 Å². The van der Waals surface area contributed by atoms with Gasteiger partial charge in [-0.2, -0.15) is 22.7 Å². The number of hydrogen-bond donors (Lipinski definition) is 2. The number of piperidine rings is 1. The van der Waals surface area contributed by atoms with E-state index in [1.807, 2.05) is 24.3 Å². The number of anilines is 2. The van der Waals surface area contributed by atoms with E-state index in [1.165, 1.54) is 10.8 Å². The molecule has 62 heavy (non-hydrogen) atoms. The summed E-state index contributed by atoms with van der Waals surface area (Å²) in [5.41, 5.74) is 1.28. The van der Waals surface area contributed by atoms with Crippen LogP contribution in [0.5, 0.6) is 5.75 Å². The molecule has 1 saturated carbocycles. The number of benzene rings is 2. The molecule has 3 unspecified atom stereocenters. The maximum Gasteiger partial charge on any atom is 0.416 e. The summed E-state index contributed by atoms with van der Waals surface area (Å²) in [5.74, 6) is -0.895. The van der Waals surface area contributed by atoms with Crippen molar-refractivity contribution in [1.82, 2.24) is 38.9 Å². The zero-order chi connectivity index (χ0) is 43.3. The van der Waals surface area contributed by atoms with Gasteiger partial charge in [0.25, 0.3) is 11.5 Å². The number of fused-ring (bicyclic) bond motifs is 5. The third-order valence-electron chi connectivity index (χ3n) is 14.0. The van der Waals surface area contributed by atoms with Gasteiger partial charge < -0.3 is 29.5 Å². The van der Waals surface area contributed by atoms with Crippen LogP contribution < -0.4 is 15.8 Å². The Hall–Kier alpha value is -5.59. The van der Waals surface area contributed by atoms with Crippen molar-refractivity contribution in [3.8, 4) is 17.1 Å². The summed E-state index contributed by atoms with van der Waals surface area (Å²) < 4.78 is 48.6. The van der Waals surface area contributed by atoms with Crippen molar-refractivity contribution in [2.24, 2.45) is 5.92 Å². The van der Waals surface area contributed by atoms with Crippen LogP contribution in [0.25, 0.3) is 17.2 Å². The lowest BCUT2D eigenvalue weighted by molar-refractivity contribution is -0.137. The number of carbonyl (C=O) groups excluding carboxylic acids is 2. The number of piperazine rings is 1. The summed E-state index contributed by atoms with van der Waals surface area (Å²) in [6.45, 7) is 8.89. The molecule has 2 aromatic carbocycles. The number of nitrogens with one attached hydrogen (secondary N) is 1. The molecule has 4 fully saturated rings. The van der Waals surface area contributed by atoms with Crippen LogP contribution in [0, 0.1) is 12.8 Å². The fourth-order valence-electron chi connectivity index (χ4n) is 10.5. The molecule has 5 aliphatic rings. The number of aromatic hydroxyl groups is 1. The molecule has 3 aromatic heterocycles. The summed E-state index contributed by atoms with van der Waals surface area (Å²) in [4.78, 5) is 62.1. The minimum atomic E-state index is -4.62. The Bertz CT molecular complexity index is 2700. The molecule has 2 amide bonds. The Balaban J connectivity index is 0.988. The third-order valence-corrected chi connectivity index (χ3v) is 14.3. The first-order valence-electron chi connectivity index (χ1n) is 20.8. The topological polar surface area (TPSA) is 163 Å². The van der Waals surface area contributed by atoms with Crippen molar-refractivity contribution in [3.05, 3.63) is 92.4 Å². The molecule has 10 rings (SSSR count). The van der Waals surface area contributed by atoms with Crippen molar-refractivity contribution in [3.63, 3.8) is 0 Å². The maximum atomic E-state index is 14.9. The van der Waals surface area contributed by atoms with Gasteiger partial charge in [-0.1, -0.05) is 11.6 Å². The monoisotopic (exact) mass is 872 g/mol. The van der Waals surface area contributed by atoms with Crippen LogP contribution >= 0.6 is 11.6 Å². The SMILES string of the molecule is Cc1ncnc(C(=O)N2CCC3(CCc4c3c(=O)n3nc(-c5ccc(N6CCN(C7(C)COC7)CC6)cc5)nc3n4CC(=O)Nc3ccc(C(F)(F)F)cc3Cl)C3CCC32)c1O. The molecule has 0 bridgehead atoms. The fourth-order valence-corrected chi connectivity index (χ4v) is 10.7. The van der Waals surface area contributed by atoms with Crippen LogP contribution in [0.3, 0.4) is 0 Å². The average molecular weight is 873 g/mol. The molecule has 6 heterocycles.